The van der Waals surface area contributed by atoms with Crippen molar-refractivity contribution in [2.75, 3.05) is 26.3 Å². The first kappa shape index (κ1) is 12.5. The summed E-state index contributed by atoms with van der Waals surface area (Å²) < 4.78 is 7.54. The van der Waals surface area contributed by atoms with Crippen molar-refractivity contribution in [3.63, 3.8) is 0 Å². The maximum Gasteiger partial charge on any atom is 0.285 e. The van der Waals surface area contributed by atoms with Gasteiger partial charge in [-0.3, -0.25) is 14.9 Å². The molecule has 1 aliphatic heterocycles. The Morgan fingerprint density at radius 3 is 2.65 bits per heavy atom. The van der Waals surface area contributed by atoms with Crippen LogP contribution in [0.3, 0.4) is 0 Å². The van der Waals surface area contributed by atoms with Crippen LogP contribution >= 0.6 is 15.9 Å². The Morgan fingerprint density at radius 2 is 2.12 bits per heavy atom. The molecule has 17 heavy (non-hydrogen) atoms. The predicted molar refractivity (Wildman–Crippen MR) is 65.5 cm³/mol. The molecule has 1 aromatic heterocycles. The van der Waals surface area contributed by atoms with Gasteiger partial charge in [0.25, 0.3) is 5.91 Å². The minimum absolute atomic E-state index is 0.151. The summed E-state index contributed by atoms with van der Waals surface area (Å²) in [4.78, 5) is 12.1. The Balaban J connectivity index is 2.08. The zero-order chi connectivity index (χ0) is 12.4. The van der Waals surface area contributed by atoms with Crippen LogP contribution < -0.4 is 5.43 Å². The number of rotatable bonds is 2. The summed E-state index contributed by atoms with van der Waals surface area (Å²) in [6.07, 6.45) is 0. The van der Waals surface area contributed by atoms with Gasteiger partial charge >= 0.3 is 0 Å². The van der Waals surface area contributed by atoms with E-state index in [9.17, 15) is 4.79 Å². The van der Waals surface area contributed by atoms with Gasteiger partial charge in [-0.15, -0.1) is 0 Å². The Hall–Kier alpha value is -0.920. The molecule has 1 fully saturated rings. The first-order chi connectivity index (χ1) is 8.09. The van der Waals surface area contributed by atoms with E-state index in [4.69, 9.17) is 4.74 Å². The minimum atomic E-state index is -0.151. The summed E-state index contributed by atoms with van der Waals surface area (Å²) in [5, 5.41) is 6.05. The molecule has 0 spiro atoms. The zero-order valence-electron chi connectivity index (χ0n) is 9.86. The molecule has 0 aliphatic carbocycles. The Bertz CT molecular complexity index is 426. The average Bonchev–Trinajstić information content (AvgIpc) is 2.54. The number of nitrogens with one attached hydrogen (secondary N) is 1. The van der Waals surface area contributed by atoms with Crippen LogP contribution in [0, 0.1) is 6.92 Å². The van der Waals surface area contributed by atoms with Crippen molar-refractivity contribution in [2.45, 2.75) is 6.92 Å². The normalized spacial score (nSPS) is 17.1. The number of halogens is 1. The minimum Gasteiger partial charge on any atom is -0.379 e. The molecule has 0 aromatic carbocycles. The van der Waals surface area contributed by atoms with E-state index in [1.807, 2.05) is 11.9 Å². The van der Waals surface area contributed by atoms with Gasteiger partial charge in [0.1, 0.15) is 5.69 Å². The van der Waals surface area contributed by atoms with E-state index in [2.05, 4.69) is 26.5 Å². The molecule has 2 rings (SSSR count). The predicted octanol–water partition coefficient (Wildman–Crippen LogP) is 0.468. The number of carbonyl (C=O) groups excluding carboxylic acids is 1. The zero-order valence-corrected chi connectivity index (χ0v) is 11.5. The maximum atomic E-state index is 12.1. The molecule has 2 heterocycles. The van der Waals surface area contributed by atoms with Gasteiger partial charge in [0, 0.05) is 20.1 Å². The monoisotopic (exact) mass is 302 g/mol. The molecule has 1 N–H and O–H groups in total. The molecular formula is C10H15BrN4O2. The van der Waals surface area contributed by atoms with E-state index in [-0.39, 0.29) is 5.91 Å². The lowest BCUT2D eigenvalue weighted by Crippen LogP contribution is -2.48. The van der Waals surface area contributed by atoms with E-state index in [1.54, 1.807) is 11.7 Å². The number of ether oxygens (including phenoxy) is 1. The second kappa shape index (κ2) is 5.16. The molecule has 1 amide bonds. The van der Waals surface area contributed by atoms with Gasteiger partial charge in [-0.05, 0) is 22.9 Å². The van der Waals surface area contributed by atoms with Crippen LogP contribution in [0.15, 0.2) is 4.47 Å². The standard InChI is InChI=1S/C10H15BrN4O2/c1-7-8(11)9(14(2)12-7)10(16)13-15-3-5-17-6-4-15/h3-6H2,1-2H3,(H,13,16). The van der Waals surface area contributed by atoms with Crippen molar-refractivity contribution in [1.29, 1.82) is 0 Å². The summed E-state index contributed by atoms with van der Waals surface area (Å²) >= 11 is 3.38. The van der Waals surface area contributed by atoms with Crippen molar-refractivity contribution in [2.24, 2.45) is 7.05 Å². The highest BCUT2D eigenvalue weighted by Crippen LogP contribution is 2.19. The number of hydrazine groups is 1. The van der Waals surface area contributed by atoms with E-state index in [0.717, 1.165) is 10.2 Å². The third-order valence-electron chi connectivity index (χ3n) is 2.63. The van der Waals surface area contributed by atoms with Gasteiger partial charge in [0.2, 0.25) is 0 Å². The molecule has 7 heteroatoms. The van der Waals surface area contributed by atoms with Crippen LogP contribution in [0.1, 0.15) is 16.2 Å². The summed E-state index contributed by atoms with van der Waals surface area (Å²) in [6, 6.07) is 0. The molecule has 94 valence electrons. The summed E-state index contributed by atoms with van der Waals surface area (Å²) in [5.74, 6) is -0.151. The fourth-order valence-corrected chi connectivity index (χ4v) is 2.27. The third kappa shape index (κ3) is 2.67. The number of carbonyl (C=O) groups is 1. The smallest absolute Gasteiger partial charge is 0.285 e. The number of hydrogen-bond acceptors (Lipinski definition) is 4. The lowest BCUT2D eigenvalue weighted by molar-refractivity contribution is 0.0123. The number of aryl methyl sites for hydroxylation is 2. The van der Waals surface area contributed by atoms with Crippen molar-refractivity contribution in [1.82, 2.24) is 20.2 Å². The first-order valence-electron chi connectivity index (χ1n) is 5.42. The first-order valence-corrected chi connectivity index (χ1v) is 6.21. The van der Waals surface area contributed by atoms with Crippen LogP contribution in [-0.4, -0.2) is 47.0 Å². The highest BCUT2D eigenvalue weighted by atomic mass is 79.9. The third-order valence-corrected chi connectivity index (χ3v) is 3.58. The van der Waals surface area contributed by atoms with Crippen LogP contribution in [0.4, 0.5) is 0 Å². The molecule has 1 aliphatic rings. The second-order valence-electron chi connectivity index (χ2n) is 3.91. The largest absolute Gasteiger partial charge is 0.379 e. The van der Waals surface area contributed by atoms with Crippen molar-refractivity contribution in [3.05, 3.63) is 15.9 Å². The number of aromatic nitrogens is 2. The lowest BCUT2D eigenvalue weighted by Gasteiger charge is -2.26. The molecule has 0 unspecified atom stereocenters. The molecule has 0 saturated carbocycles. The van der Waals surface area contributed by atoms with Crippen molar-refractivity contribution < 1.29 is 9.53 Å². The summed E-state index contributed by atoms with van der Waals surface area (Å²) in [6.45, 7) is 4.56. The van der Waals surface area contributed by atoms with Crippen LogP contribution in [0.25, 0.3) is 0 Å². The number of nitrogens with zero attached hydrogens (tertiary/aromatic N) is 3. The Kier molecular flexibility index (Phi) is 3.80. The Morgan fingerprint density at radius 1 is 1.47 bits per heavy atom. The van der Waals surface area contributed by atoms with Crippen LogP contribution in [0.5, 0.6) is 0 Å². The molecule has 0 bridgehead atoms. The van der Waals surface area contributed by atoms with Gasteiger partial charge in [-0.25, -0.2) is 5.01 Å². The van der Waals surface area contributed by atoms with E-state index in [0.29, 0.717) is 32.0 Å². The van der Waals surface area contributed by atoms with Gasteiger partial charge in [0.15, 0.2) is 0 Å². The SMILES string of the molecule is Cc1nn(C)c(C(=O)NN2CCOCC2)c1Br. The second-order valence-corrected chi connectivity index (χ2v) is 4.70. The summed E-state index contributed by atoms with van der Waals surface area (Å²) in [7, 11) is 1.76. The average molecular weight is 303 g/mol. The van der Waals surface area contributed by atoms with Gasteiger partial charge < -0.3 is 4.74 Å². The highest BCUT2D eigenvalue weighted by Gasteiger charge is 2.21. The highest BCUT2D eigenvalue weighted by molar-refractivity contribution is 9.10. The van der Waals surface area contributed by atoms with Gasteiger partial charge in [-0.1, -0.05) is 0 Å². The van der Waals surface area contributed by atoms with Crippen LogP contribution in [-0.2, 0) is 11.8 Å². The summed E-state index contributed by atoms with van der Waals surface area (Å²) in [5.41, 5.74) is 4.20. The fourth-order valence-electron chi connectivity index (χ4n) is 1.75. The molecular weight excluding hydrogens is 288 g/mol. The molecule has 1 saturated heterocycles. The maximum absolute atomic E-state index is 12.1. The number of amides is 1. The molecule has 1 aromatic rings. The van der Waals surface area contributed by atoms with Crippen molar-refractivity contribution in [3.8, 4) is 0 Å². The quantitative estimate of drug-likeness (QED) is 0.863. The van der Waals surface area contributed by atoms with Crippen LogP contribution in [0.2, 0.25) is 0 Å². The number of morpholine rings is 1. The van der Waals surface area contributed by atoms with Gasteiger partial charge in [0.05, 0.1) is 23.4 Å². The van der Waals surface area contributed by atoms with Gasteiger partial charge in [-0.2, -0.15) is 5.10 Å². The topological polar surface area (TPSA) is 59.4 Å². The lowest BCUT2D eigenvalue weighted by atomic mass is 10.3. The molecule has 0 radical (unpaired) electrons. The molecule has 0 atom stereocenters. The number of hydrogen-bond donors (Lipinski definition) is 1. The van der Waals surface area contributed by atoms with E-state index >= 15 is 0 Å². The van der Waals surface area contributed by atoms with E-state index < -0.39 is 0 Å². The Labute approximate surface area is 108 Å². The van der Waals surface area contributed by atoms with E-state index in [1.165, 1.54) is 0 Å². The van der Waals surface area contributed by atoms with Crippen molar-refractivity contribution >= 4 is 21.8 Å². The fraction of sp³-hybridized carbons (Fsp3) is 0.600. The molecule has 6 nitrogen and oxygen atoms in total.